The average Bonchev–Trinajstić information content (AvgIpc) is 3.20. The summed E-state index contributed by atoms with van der Waals surface area (Å²) in [6.45, 7) is 6.79. The summed E-state index contributed by atoms with van der Waals surface area (Å²) < 4.78 is 0. The van der Waals surface area contributed by atoms with Crippen molar-refractivity contribution in [1.82, 2.24) is 0 Å². The van der Waals surface area contributed by atoms with E-state index in [0.717, 1.165) is 38.5 Å². The quantitative estimate of drug-likeness (QED) is 0.0417. The van der Waals surface area contributed by atoms with E-state index in [1.165, 1.54) is 225 Å². The largest absolute Gasteiger partial charge is 0.481 e. The van der Waals surface area contributed by atoms with Crippen molar-refractivity contribution in [3.8, 4) is 0 Å². The highest BCUT2D eigenvalue weighted by Crippen LogP contribution is 2.15. The van der Waals surface area contributed by atoms with Crippen LogP contribution >= 0.6 is 0 Å². The first-order chi connectivity index (χ1) is 28.3. The van der Waals surface area contributed by atoms with Crippen LogP contribution in [-0.2, 0) is 14.4 Å². The lowest BCUT2D eigenvalue weighted by atomic mass is 10.0. The zero-order chi connectivity index (χ0) is 43.3. The predicted molar refractivity (Wildman–Crippen MR) is 252 cm³/mol. The Labute approximate surface area is 362 Å². The molecule has 0 aliphatic rings. The number of carbonyl (C=O) groups is 3. The van der Waals surface area contributed by atoms with Gasteiger partial charge in [0, 0.05) is 19.3 Å². The smallest absolute Gasteiger partial charge is 0.303 e. The topological polar surface area (TPSA) is 112 Å². The van der Waals surface area contributed by atoms with Crippen LogP contribution in [0.25, 0.3) is 0 Å². The van der Waals surface area contributed by atoms with Crippen molar-refractivity contribution in [2.75, 3.05) is 0 Å². The number of aliphatic carboxylic acids is 3. The van der Waals surface area contributed by atoms with Crippen molar-refractivity contribution in [3.63, 3.8) is 0 Å². The highest BCUT2D eigenvalue weighted by Gasteiger charge is 1.99. The molecule has 0 unspecified atom stereocenters. The van der Waals surface area contributed by atoms with Gasteiger partial charge >= 0.3 is 17.9 Å². The molecular formula is C52H102O6. The summed E-state index contributed by atoms with van der Waals surface area (Å²) in [4.78, 5) is 31.0. The summed E-state index contributed by atoms with van der Waals surface area (Å²) >= 11 is 0. The second kappa shape index (κ2) is 57.2. The summed E-state index contributed by atoms with van der Waals surface area (Å²) in [7, 11) is 0. The Morgan fingerprint density at radius 2 is 0.414 bits per heavy atom. The number of unbranched alkanes of at least 4 members (excludes halogenated alkanes) is 37. The van der Waals surface area contributed by atoms with Gasteiger partial charge in [0.05, 0.1) is 0 Å². The van der Waals surface area contributed by atoms with E-state index in [-0.39, 0.29) is 0 Å². The van der Waals surface area contributed by atoms with Crippen LogP contribution in [0.1, 0.15) is 303 Å². The number of allylic oxidation sites excluding steroid dienone is 2. The lowest BCUT2D eigenvalue weighted by molar-refractivity contribution is -0.138. The molecule has 0 saturated carbocycles. The normalized spacial score (nSPS) is 10.9. The van der Waals surface area contributed by atoms with Gasteiger partial charge in [-0.05, 0) is 44.9 Å². The monoisotopic (exact) mass is 823 g/mol. The van der Waals surface area contributed by atoms with E-state index in [0.29, 0.717) is 19.3 Å². The molecule has 6 nitrogen and oxygen atoms in total. The van der Waals surface area contributed by atoms with Crippen molar-refractivity contribution in [2.45, 2.75) is 303 Å². The van der Waals surface area contributed by atoms with Crippen LogP contribution in [0.2, 0.25) is 0 Å². The number of carboxylic acid groups (broad SMARTS) is 3. The molecule has 0 aromatic carbocycles. The lowest BCUT2D eigenvalue weighted by Crippen LogP contribution is -1.93. The molecule has 0 fully saturated rings. The SMILES string of the molecule is CCCCCCCC/C=C\CCCCCCCC(=O)O.CCCCCCCCCCCCCCCC(=O)O.CCCCCCCCCCCCCCCCCC(=O)O. The first-order valence-electron chi connectivity index (χ1n) is 25.6. The minimum Gasteiger partial charge on any atom is -0.481 e. The molecule has 0 atom stereocenters. The van der Waals surface area contributed by atoms with Crippen LogP contribution in [0, 0.1) is 0 Å². The van der Waals surface area contributed by atoms with Crippen LogP contribution in [0.15, 0.2) is 12.2 Å². The first-order valence-corrected chi connectivity index (χ1v) is 25.6. The molecule has 346 valence electrons. The molecule has 0 bridgehead atoms. The molecule has 3 N–H and O–H groups in total. The first kappa shape index (κ1) is 60.5. The fourth-order valence-corrected chi connectivity index (χ4v) is 7.29. The van der Waals surface area contributed by atoms with Gasteiger partial charge in [0.2, 0.25) is 0 Å². The van der Waals surface area contributed by atoms with Crippen LogP contribution in [0.4, 0.5) is 0 Å². The maximum atomic E-state index is 10.3. The summed E-state index contributed by atoms with van der Waals surface area (Å²) in [5.41, 5.74) is 0. The Bertz CT molecular complexity index is 825. The molecule has 0 heterocycles. The number of carboxylic acids is 3. The average molecular weight is 823 g/mol. The number of rotatable bonds is 45. The van der Waals surface area contributed by atoms with E-state index in [2.05, 4.69) is 32.9 Å². The molecule has 0 aromatic heterocycles. The number of hydrogen-bond acceptors (Lipinski definition) is 3. The van der Waals surface area contributed by atoms with Gasteiger partial charge in [0.15, 0.2) is 0 Å². The molecular weight excluding hydrogens is 721 g/mol. The fraction of sp³-hybridized carbons (Fsp3) is 0.904. The molecule has 0 spiro atoms. The molecule has 58 heavy (non-hydrogen) atoms. The van der Waals surface area contributed by atoms with Gasteiger partial charge < -0.3 is 15.3 Å². The third kappa shape index (κ3) is 68.8. The Balaban J connectivity index is -0.000000784. The highest BCUT2D eigenvalue weighted by molar-refractivity contribution is 5.67. The Kier molecular flexibility index (Phi) is 59.7. The zero-order valence-corrected chi connectivity index (χ0v) is 39.3. The van der Waals surface area contributed by atoms with Crippen molar-refractivity contribution in [3.05, 3.63) is 12.2 Å². The Morgan fingerprint density at radius 1 is 0.259 bits per heavy atom. The standard InChI is InChI=1S/C18H36O2.C18H34O2.C16H32O2/c2*1-2-3-4-5-6-7-8-9-10-11-12-13-14-15-16-17-18(19)20;1-2-3-4-5-6-7-8-9-10-11-12-13-14-15-16(17)18/h2-17H2,1H3,(H,19,20);9-10H,2-8,11-17H2,1H3,(H,19,20);2-15H2,1H3,(H,17,18)/b;10-9-;. The minimum absolute atomic E-state index is 0.332. The molecule has 0 aliphatic heterocycles. The van der Waals surface area contributed by atoms with Crippen molar-refractivity contribution in [1.29, 1.82) is 0 Å². The molecule has 0 saturated heterocycles. The second-order valence-corrected chi connectivity index (χ2v) is 17.2. The summed E-state index contributed by atoms with van der Waals surface area (Å²) in [6, 6.07) is 0. The van der Waals surface area contributed by atoms with Gasteiger partial charge in [-0.3, -0.25) is 14.4 Å². The van der Waals surface area contributed by atoms with E-state index < -0.39 is 17.9 Å². The second-order valence-electron chi connectivity index (χ2n) is 17.2. The predicted octanol–water partition coefficient (Wildman–Crippen LogP) is 18.0. The van der Waals surface area contributed by atoms with Gasteiger partial charge in [-0.2, -0.15) is 0 Å². The number of hydrogen-bond donors (Lipinski definition) is 3. The van der Waals surface area contributed by atoms with Crippen molar-refractivity contribution in [2.24, 2.45) is 0 Å². The van der Waals surface area contributed by atoms with E-state index >= 15 is 0 Å². The van der Waals surface area contributed by atoms with Crippen LogP contribution < -0.4 is 0 Å². The molecule has 0 aromatic rings. The van der Waals surface area contributed by atoms with Crippen molar-refractivity contribution < 1.29 is 29.7 Å². The Morgan fingerprint density at radius 3 is 0.586 bits per heavy atom. The fourth-order valence-electron chi connectivity index (χ4n) is 7.29. The van der Waals surface area contributed by atoms with Gasteiger partial charge in [-0.15, -0.1) is 0 Å². The van der Waals surface area contributed by atoms with Gasteiger partial charge in [-0.1, -0.05) is 251 Å². The molecule has 0 aliphatic carbocycles. The summed E-state index contributed by atoms with van der Waals surface area (Å²) in [6.07, 6.45) is 58.7. The maximum Gasteiger partial charge on any atom is 0.303 e. The van der Waals surface area contributed by atoms with E-state index in [4.69, 9.17) is 15.3 Å². The van der Waals surface area contributed by atoms with Gasteiger partial charge in [-0.25, -0.2) is 0 Å². The molecule has 0 amide bonds. The van der Waals surface area contributed by atoms with Crippen LogP contribution in [0.3, 0.4) is 0 Å². The van der Waals surface area contributed by atoms with E-state index in [9.17, 15) is 14.4 Å². The van der Waals surface area contributed by atoms with E-state index in [1.54, 1.807) is 0 Å². The molecule has 0 radical (unpaired) electrons. The van der Waals surface area contributed by atoms with Crippen LogP contribution in [-0.4, -0.2) is 33.2 Å². The van der Waals surface area contributed by atoms with Crippen LogP contribution in [0.5, 0.6) is 0 Å². The lowest BCUT2D eigenvalue weighted by Gasteiger charge is -2.03. The molecule has 0 rings (SSSR count). The van der Waals surface area contributed by atoms with Gasteiger partial charge in [0.1, 0.15) is 0 Å². The van der Waals surface area contributed by atoms with E-state index in [1.807, 2.05) is 0 Å². The third-order valence-electron chi connectivity index (χ3n) is 11.1. The Hall–Kier alpha value is -1.85. The molecule has 6 heteroatoms. The summed E-state index contributed by atoms with van der Waals surface area (Å²) in [5, 5.41) is 25.5. The highest BCUT2D eigenvalue weighted by atomic mass is 16.4. The summed E-state index contributed by atoms with van der Waals surface area (Å²) in [5.74, 6) is -1.97. The minimum atomic E-state index is -0.664. The van der Waals surface area contributed by atoms with Gasteiger partial charge in [0.25, 0.3) is 0 Å². The van der Waals surface area contributed by atoms with Crippen molar-refractivity contribution >= 4 is 17.9 Å². The zero-order valence-electron chi connectivity index (χ0n) is 39.3. The third-order valence-corrected chi connectivity index (χ3v) is 11.1. The maximum absolute atomic E-state index is 10.3.